The van der Waals surface area contributed by atoms with E-state index in [0.717, 1.165) is 16.9 Å². The summed E-state index contributed by atoms with van der Waals surface area (Å²) in [6.07, 6.45) is 0.799. The highest BCUT2D eigenvalue weighted by molar-refractivity contribution is 7.85. The summed E-state index contributed by atoms with van der Waals surface area (Å²) in [5.41, 5.74) is 7.54. The van der Waals surface area contributed by atoms with Crippen LogP contribution in [0.25, 0.3) is 0 Å². The van der Waals surface area contributed by atoms with Gasteiger partial charge in [0.2, 0.25) is 0 Å². The molecule has 0 saturated carbocycles. The normalized spacial score (nSPS) is 12.6. The molecular weight excluding hydrogens is 222 g/mol. The van der Waals surface area contributed by atoms with Crippen LogP contribution >= 0.6 is 0 Å². The lowest BCUT2D eigenvalue weighted by Crippen LogP contribution is -2.05. The fourth-order valence-electron chi connectivity index (χ4n) is 1.42. The van der Waals surface area contributed by atoms with Gasteiger partial charge in [0, 0.05) is 24.7 Å². The van der Waals surface area contributed by atoms with Crippen molar-refractivity contribution >= 4 is 16.5 Å². The molecule has 0 amide bonds. The summed E-state index contributed by atoms with van der Waals surface area (Å²) >= 11 is 0. The van der Waals surface area contributed by atoms with Crippen LogP contribution in [0.4, 0.5) is 5.69 Å². The van der Waals surface area contributed by atoms with E-state index < -0.39 is 10.8 Å². The monoisotopic (exact) mass is 241 g/mol. The van der Waals surface area contributed by atoms with E-state index in [9.17, 15) is 4.21 Å². The second kappa shape index (κ2) is 6.66. The van der Waals surface area contributed by atoms with Crippen LogP contribution in [-0.4, -0.2) is 23.2 Å². The molecule has 0 aromatic heterocycles. The van der Waals surface area contributed by atoms with Crippen LogP contribution in [0.2, 0.25) is 0 Å². The molecule has 1 atom stereocenters. The molecule has 0 aliphatic rings. The number of benzene rings is 1. The van der Waals surface area contributed by atoms with Gasteiger partial charge in [0.25, 0.3) is 0 Å². The minimum atomic E-state index is -1.01. The molecule has 3 nitrogen and oxygen atoms in total. The summed E-state index contributed by atoms with van der Waals surface area (Å²) in [7, 11) is -1.01. The van der Waals surface area contributed by atoms with Gasteiger partial charge in [-0.15, -0.1) is 0 Å². The summed E-state index contributed by atoms with van der Waals surface area (Å²) in [6.45, 7) is 5.29. The number of hydrogen-bond acceptors (Lipinski definition) is 3. The molecule has 4 heteroatoms. The highest BCUT2D eigenvalue weighted by Gasteiger charge is 2.07. The van der Waals surface area contributed by atoms with Gasteiger partial charge in [-0.2, -0.15) is 0 Å². The minimum absolute atomic E-state index is 0.604. The molecule has 0 saturated heterocycles. The maximum absolute atomic E-state index is 11.9. The molecule has 16 heavy (non-hydrogen) atoms. The number of nitrogens with two attached hydrogens (primary N) is 1. The van der Waals surface area contributed by atoms with Crippen molar-refractivity contribution in [3.8, 4) is 0 Å². The van der Waals surface area contributed by atoms with E-state index in [1.54, 1.807) is 0 Å². The summed E-state index contributed by atoms with van der Waals surface area (Å²) in [5.74, 6) is 0.604. The average Bonchev–Trinajstić information content (AvgIpc) is 2.24. The van der Waals surface area contributed by atoms with Crippen molar-refractivity contribution in [3.63, 3.8) is 0 Å². The highest BCUT2D eigenvalue weighted by Crippen LogP contribution is 2.18. The van der Waals surface area contributed by atoms with Crippen LogP contribution in [-0.2, 0) is 15.5 Å². The van der Waals surface area contributed by atoms with Gasteiger partial charge in [0.15, 0.2) is 0 Å². The Hall–Kier alpha value is -0.870. The third kappa shape index (κ3) is 3.94. The van der Waals surface area contributed by atoms with E-state index in [-0.39, 0.29) is 0 Å². The van der Waals surface area contributed by atoms with Crippen LogP contribution in [0.15, 0.2) is 23.1 Å². The Morgan fingerprint density at radius 3 is 2.81 bits per heavy atom. The lowest BCUT2D eigenvalue weighted by Gasteiger charge is -2.06. The van der Waals surface area contributed by atoms with E-state index in [4.69, 9.17) is 10.5 Å². The quantitative estimate of drug-likeness (QED) is 0.613. The first-order chi connectivity index (χ1) is 7.65. The molecule has 0 bridgehead atoms. The summed E-state index contributed by atoms with van der Waals surface area (Å²) in [6, 6.07) is 5.64. The molecule has 1 aromatic rings. The maximum Gasteiger partial charge on any atom is 0.0617 e. The van der Waals surface area contributed by atoms with Crippen molar-refractivity contribution in [2.24, 2.45) is 0 Å². The molecule has 90 valence electrons. The Morgan fingerprint density at radius 2 is 2.19 bits per heavy atom. The lowest BCUT2D eigenvalue weighted by atomic mass is 10.2. The number of hydrogen-bond donors (Lipinski definition) is 1. The molecule has 1 rings (SSSR count). The van der Waals surface area contributed by atoms with Gasteiger partial charge in [-0.05, 0) is 38.0 Å². The van der Waals surface area contributed by atoms with Gasteiger partial charge in [0.05, 0.1) is 15.7 Å². The van der Waals surface area contributed by atoms with E-state index in [2.05, 4.69) is 0 Å². The Labute approximate surface area is 99.4 Å². The van der Waals surface area contributed by atoms with Crippen LogP contribution < -0.4 is 5.73 Å². The van der Waals surface area contributed by atoms with Gasteiger partial charge in [-0.25, -0.2) is 0 Å². The fourth-order valence-corrected chi connectivity index (χ4v) is 2.56. The lowest BCUT2D eigenvalue weighted by molar-refractivity contribution is 0.149. The first-order valence-electron chi connectivity index (χ1n) is 5.47. The number of rotatable bonds is 6. The van der Waals surface area contributed by atoms with Gasteiger partial charge >= 0.3 is 0 Å². The SMILES string of the molecule is CCOCCCS(=O)c1ccc(C)cc1N. The third-order valence-electron chi connectivity index (χ3n) is 2.23. The molecule has 1 aromatic carbocycles. The topological polar surface area (TPSA) is 52.3 Å². The summed E-state index contributed by atoms with van der Waals surface area (Å²) < 4.78 is 17.1. The molecule has 0 fully saturated rings. The van der Waals surface area contributed by atoms with Crippen LogP contribution in [0.3, 0.4) is 0 Å². The van der Waals surface area contributed by atoms with Crippen molar-refractivity contribution in [2.75, 3.05) is 24.7 Å². The van der Waals surface area contributed by atoms with Crippen LogP contribution in [0, 0.1) is 6.92 Å². The first kappa shape index (κ1) is 13.2. The average molecular weight is 241 g/mol. The number of aryl methyl sites for hydroxylation is 1. The van der Waals surface area contributed by atoms with E-state index in [1.807, 2.05) is 32.0 Å². The number of nitrogen functional groups attached to an aromatic ring is 1. The van der Waals surface area contributed by atoms with Crippen molar-refractivity contribution in [3.05, 3.63) is 23.8 Å². The standard InChI is InChI=1S/C12H19NO2S/c1-3-15-7-4-8-16(14)12-6-5-10(2)9-11(12)13/h5-6,9H,3-4,7-8,13H2,1-2H3. The van der Waals surface area contributed by atoms with E-state index >= 15 is 0 Å². The van der Waals surface area contributed by atoms with Gasteiger partial charge < -0.3 is 10.5 Å². The van der Waals surface area contributed by atoms with E-state index in [0.29, 0.717) is 24.7 Å². The van der Waals surface area contributed by atoms with Gasteiger partial charge in [-0.1, -0.05) is 6.07 Å². The third-order valence-corrected chi connectivity index (χ3v) is 3.75. The summed E-state index contributed by atoms with van der Waals surface area (Å²) in [4.78, 5) is 0.738. The molecule has 0 heterocycles. The Balaban J connectivity index is 2.53. The van der Waals surface area contributed by atoms with E-state index in [1.165, 1.54) is 0 Å². The maximum atomic E-state index is 11.9. The van der Waals surface area contributed by atoms with Crippen molar-refractivity contribution in [1.82, 2.24) is 0 Å². The van der Waals surface area contributed by atoms with Crippen molar-refractivity contribution < 1.29 is 8.95 Å². The Kier molecular flexibility index (Phi) is 5.49. The molecule has 0 radical (unpaired) electrons. The number of ether oxygens (including phenoxy) is 1. The molecular formula is C12H19NO2S. The fraction of sp³-hybridized carbons (Fsp3) is 0.500. The smallest absolute Gasteiger partial charge is 0.0617 e. The van der Waals surface area contributed by atoms with Crippen LogP contribution in [0.1, 0.15) is 18.9 Å². The second-order valence-corrected chi connectivity index (χ2v) is 5.18. The highest BCUT2D eigenvalue weighted by atomic mass is 32.2. The first-order valence-corrected chi connectivity index (χ1v) is 6.79. The molecule has 0 aliphatic heterocycles. The minimum Gasteiger partial charge on any atom is -0.398 e. The van der Waals surface area contributed by atoms with Crippen LogP contribution in [0.5, 0.6) is 0 Å². The molecule has 0 spiro atoms. The zero-order valence-electron chi connectivity index (χ0n) is 9.86. The van der Waals surface area contributed by atoms with Crippen molar-refractivity contribution in [1.29, 1.82) is 0 Å². The zero-order chi connectivity index (χ0) is 12.0. The number of anilines is 1. The Morgan fingerprint density at radius 1 is 1.44 bits per heavy atom. The molecule has 0 aliphatic carbocycles. The van der Waals surface area contributed by atoms with Gasteiger partial charge in [0.1, 0.15) is 0 Å². The predicted molar refractivity (Wildman–Crippen MR) is 68.0 cm³/mol. The Bertz CT molecular complexity index is 366. The zero-order valence-corrected chi connectivity index (χ0v) is 10.7. The molecule has 2 N–H and O–H groups in total. The van der Waals surface area contributed by atoms with Gasteiger partial charge in [-0.3, -0.25) is 4.21 Å². The predicted octanol–water partition coefficient (Wildman–Crippen LogP) is 2.11. The second-order valence-electron chi connectivity index (χ2n) is 3.64. The molecule has 1 unspecified atom stereocenters. The largest absolute Gasteiger partial charge is 0.398 e. The van der Waals surface area contributed by atoms with Crippen molar-refractivity contribution in [2.45, 2.75) is 25.2 Å². The summed E-state index contributed by atoms with van der Waals surface area (Å²) in [5, 5.41) is 0.